The molecule has 0 unspecified atom stereocenters. The van der Waals surface area contributed by atoms with Gasteiger partial charge < -0.3 is 20.4 Å². The minimum Gasteiger partial charge on any atom is -0.480 e. The van der Waals surface area contributed by atoms with E-state index in [4.69, 9.17) is 10.2 Å². The van der Waals surface area contributed by atoms with Crippen LogP contribution in [0.5, 0.6) is 0 Å². The highest BCUT2D eigenvalue weighted by atomic mass is 16.4. The van der Waals surface area contributed by atoms with Crippen molar-refractivity contribution < 1.29 is 19.8 Å². The van der Waals surface area contributed by atoms with Crippen LogP contribution in [0.1, 0.15) is 13.8 Å². The molecule has 0 aliphatic carbocycles. The van der Waals surface area contributed by atoms with Crippen molar-refractivity contribution in [1.29, 1.82) is 0 Å². The normalized spacial score (nSPS) is 13.8. The van der Waals surface area contributed by atoms with E-state index in [0.29, 0.717) is 6.54 Å². The lowest BCUT2D eigenvalue weighted by atomic mass is 10.2. The summed E-state index contributed by atoms with van der Waals surface area (Å²) in [7, 11) is 1.52. The lowest BCUT2D eigenvalue weighted by Gasteiger charge is -2.22. The van der Waals surface area contributed by atoms with Crippen LogP contribution < -0.4 is 5.32 Å². The lowest BCUT2D eigenvalue weighted by Crippen LogP contribution is -2.51. The number of urea groups is 1. The molecule has 2 atom stereocenters. The van der Waals surface area contributed by atoms with Gasteiger partial charge in [0, 0.05) is 13.6 Å². The Morgan fingerprint density at radius 2 is 2.00 bits per heavy atom. The van der Waals surface area contributed by atoms with Crippen LogP contribution in [-0.4, -0.2) is 52.9 Å². The molecule has 0 bridgehead atoms. The van der Waals surface area contributed by atoms with E-state index in [9.17, 15) is 9.59 Å². The largest absolute Gasteiger partial charge is 0.480 e. The van der Waals surface area contributed by atoms with Crippen LogP contribution in [0.4, 0.5) is 4.79 Å². The number of hydrogen-bond acceptors (Lipinski definition) is 3. The maximum absolute atomic E-state index is 11.5. The molecule has 0 rings (SSSR count). The second-order valence-corrected chi connectivity index (χ2v) is 3.82. The molecule has 0 aromatic carbocycles. The van der Waals surface area contributed by atoms with Crippen LogP contribution in [0.25, 0.3) is 0 Å². The molecule has 0 saturated heterocycles. The van der Waals surface area contributed by atoms with Gasteiger partial charge in [0.05, 0.1) is 6.10 Å². The number of carboxylic acid groups (broad SMARTS) is 1. The van der Waals surface area contributed by atoms with E-state index in [1.54, 1.807) is 6.92 Å². The molecule has 2 amide bonds. The number of aliphatic hydroxyl groups excluding tert-OH is 1. The van der Waals surface area contributed by atoms with Gasteiger partial charge >= 0.3 is 12.0 Å². The average molecular weight is 230 g/mol. The van der Waals surface area contributed by atoms with Gasteiger partial charge in [-0.05, 0) is 13.8 Å². The Morgan fingerprint density at radius 1 is 1.50 bits per heavy atom. The first kappa shape index (κ1) is 14.4. The predicted molar refractivity (Wildman–Crippen MR) is 59.1 cm³/mol. The second kappa shape index (κ2) is 6.12. The lowest BCUT2D eigenvalue weighted by molar-refractivity contribution is -0.141. The number of rotatable bonds is 5. The molecular weight excluding hydrogens is 212 g/mol. The van der Waals surface area contributed by atoms with Crippen LogP contribution in [0.3, 0.4) is 0 Å². The Bertz CT molecular complexity index is 289. The number of amides is 2. The van der Waals surface area contributed by atoms with Crippen molar-refractivity contribution in [3.8, 4) is 0 Å². The van der Waals surface area contributed by atoms with E-state index in [-0.39, 0.29) is 0 Å². The molecular formula is C10H18N2O4. The molecule has 0 aromatic heterocycles. The minimum atomic E-state index is -1.31. The zero-order valence-electron chi connectivity index (χ0n) is 9.73. The fourth-order valence-electron chi connectivity index (χ4n) is 1.11. The number of aliphatic hydroxyl groups is 1. The number of hydrogen-bond donors (Lipinski definition) is 3. The van der Waals surface area contributed by atoms with Crippen LogP contribution >= 0.6 is 0 Å². The summed E-state index contributed by atoms with van der Waals surface area (Å²) in [5.41, 5.74) is 0.779. The molecule has 6 nitrogen and oxygen atoms in total. The molecule has 0 radical (unpaired) electrons. The number of nitrogens with zero attached hydrogens (tertiary/aromatic N) is 1. The first-order chi connectivity index (χ1) is 7.25. The number of carbonyl (C=O) groups excluding carboxylic acids is 1. The fraction of sp³-hybridized carbons (Fsp3) is 0.600. The van der Waals surface area contributed by atoms with E-state index in [0.717, 1.165) is 5.57 Å². The maximum Gasteiger partial charge on any atom is 0.328 e. The Hall–Kier alpha value is -1.56. The summed E-state index contributed by atoms with van der Waals surface area (Å²) in [6.07, 6.45) is -1.15. The fourth-order valence-corrected chi connectivity index (χ4v) is 1.11. The highest BCUT2D eigenvalue weighted by Gasteiger charge is 2.26. The standard InChI is InChI=1S/C10H18N2O4/c1-6(2)5-12(4)10(16)11-8(7(3)13)9(14)15/h7-8,13H,1,5H2,2-4H3,(H,11,16)(H,14,15)/t7-,8+/m1/s1. The van der Waals surface area contributed by atoms with Crippen molar-refractivity contribution in [3.63, 3.8) is 0 Å². The van der Waals surface area contributed by atoms with Crippen molar-refractivity contribution in [1.82, 2.24) is 10.2 Å². The van der Waals surface area contributed by atoms with Gasteiger partial charge in [-0.3, -0.25) is 0 Å². The van der Waals surface area contributed by atoms with Crippen molar-refractivity contribution in [2.24, 2.45) is 0 Å². The third-order valence-corrected chi connectivity index (χ3v) is 1.88. The molecule has 0 aromatic rings. The predicted octanol–water partition coefficient (Wildman–Crippen LogP) is 0.0379. The summed E-state index contributed by atoms with van der Waals surface area (Å²) in [4.78, 5) is 23.5. The summed E-state index contributed by atoms with van der Waals surface area (Å²) < 4.78 is 0. The SMILES string of the molecule is C=C(C)CN(C)C(=O)N[C@H](C(=O)O)[C@@H](C)O. The number of nitrogens with one attached hydrogen (secondary N) is 1. The third-order valence-electron chi connectivity index (χ3n) is 1.88. The highest BCUT2D eigenvalue weighted by Crippen LogP contribution is 1.97. The molecule has 6 heteroatoms. The molecule has 0 fully saturated rings. The second-order valence-electron chi connectivity index (χ2n) is 3.82. The van der Waals surface area contributed by atoms with Gasteiger partial charge in [0.1, 0.15) is 0 Å². The van der Waals surface area contributed by atoms with Gasteiger partial charge in [0.15, 0.2) is 6.04 Å². The Balaban J connectivity index is 4.40. The molecule has 0 spiro atoms. The number of carboxylic acids is 1. The third kappa shape index (κ3) is 4.79. The Morgan fingerprint density at radius 3 is 2.31 bits per heavy atom. The van der Waals surface area contributed by atoms with Crippen molar-refractivity contribution in [3.05, 3.63) is 12.2 Å². The topological polar surface area (TPSA) is 89.9 Å². The average Bonchev–Trinajstić information content (AvgIpc) is 2.11. The summed E-state index contributed by atoms with van der Waals surface area (Å²) in [6.45, 7) is 7.03. The molecule has 0 aliphatic heterocycles. The Labute approximate surface area is 94.6 Å². The van der Waals surface area contributed by atoms with Gasteiger partial charge in [0.25, 0.3) is 0 Å². The van der Waals surface area contributed by atoms with Gasteiger partial charge in [0.2, 0.25) is 0 Å². The molecule has 0 aliphatic rings. The maximum atomic E-state index is 11.5. The molecule has 92 valence electrons. The van der Waals surface area contributed by atoms with Gasteiger partial charge in [-0.2, -0.15) is 0 Å². The van der Waals surface area contributed by atoms with Gasteiger partial charge in [-0.25, -0.2) is 9.59 Å². The zero-order valence-corrected chi connectivity index (χ0v) is 9.73. The summed E-state index contributed by atoms with van der Waals surface area (Å²) in [5, 5.41) is 20.1. The molecule has 0 saturated carbocycles. The van der Waals surface area contributed by atoms with Crippen LogP contribution in [0.15, 0.2) is 12.2 Å². The van der Waals surface area contributed by atoms with Gasteiger partial charge in [-0.15, -0.1) is 0 Å². The van der Waals surface area contributed by atoms with E-state index in [2.05, 4.69) is 11.9 Å². The number of likely N-dealkylation sites (N-methyl/N-ethyl adjacent to an activating group) is 1. The van der Waals surface area contributed by atoms with Crippen molar-refractivity contribution in [2.75, 3.05) is 13.6 Å². The van der Waals surface area contributed by atoms with Crippen molar-refractivity contribution >= 4 is 12.0 Å². The minimum absolute atomic E-state index is 0.331. The van der Waals surface area contributed by atoms with Crippen LogP contribution in [-0.2, 0) is 4.79 Å². The first-order valence-electron chi connectivity index (χ1n) is 4.82. The van der Waals surface area contributed by atoms with Crippen molar-refractivity contribution in [2.45, 2.75) is 26.0 Å². The van der Waals surface area contributed by atoms with Gasteiger partial charge in [-0.1, -0.05) is 12.2 Å². The Kier molecular flexibility index (Phi) is 5.52. The van der Waals surface area contributed by atoms with E-state index < -0.39 is 24.1 Å². The number of carbonyl (C=O) groups is 2. The van der Waals surface area contributed by atoms with Crippen LogP contribution in [0.2, 0.25) is 0 Å². The smallest absolute Gasteiger partial charge is 0.328 e. The molecule has 16 heavy (non-hydrogen) atoms. The number of aliphatic carboxylic acids is 1. The first-order valence-corrected chi connectivity index (χ1v) is 4.82. The summed E-state index contributed by atoms with van der Waals surface area (Å²) >= 11 is 0. The quantitative estimate of drug-likeness (QED) is 0.581. The van der Waals surface area contributed by atoms with Crippen LogP contribution in [0, 0.1) is 0 Å². The summed E-state index contributed by atoms with van der Waals surface area (Å²) in [5.74, 6) is -1.27. The van der Waals surface area contributed by atoms with E-state index in [1.807, 2.05) is 0 Å². The zero-order chi connectivity index (χ0) is 12.9. The molecule has 3 N–H and O–H groups in total. The molecule has 0 heterocycles. The monoisotopic (exact) mass is 230 g/mol. The summed E-state index contributed by atoms with van der Waals surface area (Å²) in [6, 6.07) is -1.86. The van der Waals surface area contributed by atoms with E-state index in [1.165, 1.54) is 18.9 Å². The van der Waals surface area contributed by atoms with E-state index >= 15 is 0 Å². The highest BCUT2D eigenvalue weighted by molar-refractivity contribution is 5.83.